The molecule has 0 saturated heterocycles. The zero-order chi connectivity index (χ0) is 12.6. The van der Waals surface area contributed by atoms with Crippen LogP contribution in [0.25, 0.3) is 0 Å². The summed E-state index contributed by atoms with van der Waals surface area (Å²) in [6.07, 6.45) is 3.89. The zero-order valence-electron chi connectivity index (χ0n) is 10.8. The average molecular weight is 228 g/mol. The Morgan fingerprint density at radius 3 is 2.50 bits per heavy atom. The minimum atomic E-state index is -0.367. The molecule has 0 rings (SSSR count). The Labute approximate surface area is 98.5 Å². The molecule has 3 heteroatoms. The number of esters is 1. The molecule has 0 fully saturated rings. The Morgan fingerprint density at radius 1 is 1.44 bits per heavy atom. The number of carbonyl (C=O) groups is 1. The fourth-order valence-corrected chi connectivity index (χ4v) is 1.45. The Morgan fingerprint density at radius 2 is 2.06 bits per heavy atom. The molecule has 2 atom stereocenters. The van der Waals surface area contributed by atoms with Crippen LogP contribution in [0.5, 0.6) is 0 Å². The van der Waals surface area contributed by atoms with Gasteiger partial charge < -0.3 is 9.84 Å². The van der Waals surface area contributed by atoms with Crippen LogP contribution in [0.1, 0.15) is 47.0 Å². The van der Waals surface area contributed by atoms with E-state index < -0.39 is 0 Å². The molecule has 16 heavy (non-hydrogen) atoms. The van der Waals surface area contributed by atoms with Crippen LogP contribution in [-0.4, -0.2) is 23.8 Å². The van der Waals surface area contributed by atoms with Crippen molar-refractivity contribution in [2.45, 2.75) is 53.1 Å². The lowest BCUT2D eigenvalue weighted by molar-refractivity contribution is -0.141. The fraction of sp³-hybridized carbons (Fsp3) is 0.769. The molecule has 0 radical (unpaired) electrons. The summed E-state index contributed by atoms with van der Waals surface area (Å²) in [5.74, 6) is -0.238. The minimum absolute atomic E-state index is 0.0496. The predicted octanol–water partition coefficient (Wildman–Crippen LogP) is 2.68. The summed E-state index contributed by atoms with van der Waals surface area (Å²) in [5, 5.41) is 9.81. The van der Waals surface area contributed by atoms with Crippen LogP contribution in [0, 0.1) is 5.92 Å². The number of rotatable bonds is 7. The lowest BCUT2D eigenvalue weighted by Gasteiger charge is -2.20. The maximum Gasteiger partial charge on any atom is 0.333 e. The van der Waals surface area contributed by atoms with Gasteiger partial charge in [-0.2, -0.15) is 0 Å². The van der Waals surface area contributed by atoms with Gasteiger partial charge in [-0.25, -0.2) is 4.79 Å². The maximum absolute atomic E-state index is 11.4. The highest BCUT2D eigenvalue weighted by Gasteiger charge is 2.18. The second-order valence-electron chi connectivity index (χ2n) is 4.09. The average Bonchev–Trinajstić information content (AvgIpc) is 2.28. The van der Waals surface area contributed by atoms with Crippen molar-refractivity contribution in [2.24, 2.45) is 5.92 Å². The van der Waals surface area contributed by atoms with Crippen molar-refractivity contribution in [1.82, 2.24) is 0 Å². The van der Waals surface area contributed by atoms with Crippen LogP contribution in [-0.2, 0) is 9.53 Å². The first-order valence-corrected chi connectivity index (χ1v) is 6.04. The third-order valence-electron chi connectivity index (χ3n) is 2.84. The molecule has 94 valence electrons. The molecule has 0 heterocycles. The summed E-state index contributed by atoms with van der Waals surface area (Å²) in [7, 11) is 0. The van der Waals surface area contributed by atoms with Gasteiger partial charge in [0.1, 0.15) is 0 Å². The van der Waals surface area contributed by atoms with Crippen LogP contribution >= 0.6 is 0 Å². The van der Waals surface area contributed by atoms with Crippen LogP contribution in [0.4, 0.5) is 0 Å². The van der Waals surface area contributed by atoms with Gasteiger partial charge in [0.25, 0.3) is 0 Å². The highest BCUT2D eigenvalue weighted by Crippen LogP contribution is 2.14. The number of hydrogen-bond donors (Lipinski definition) is 1. The van der Waals surface area contributed by atoms with Gasteiger partial charge in [-0.05, 0) is 26.7 Å². The molecular formula is C13H24O3. The third-order valence-corrected chi connectivity index (χ3v) is 2.84. The highest BCUT2D eigenvalue weighted by molar-refractivity contribution is 5.87. The van der Waals surface area contributed by atoms with Crippen molar-refractivity contribution in [3.8, 4) is 0 Å². The molecule has 3 nitrogen and oxygen atoms in total. The predicted molar refractivity (Wildman–Crippen MR) is 65.1 cm³/mol. The van der Waals surface area contributed by atoms with E-state index in [9.17, 15) is 9.90 Å². The monoisotopic (exact) mass is 228 g/mol. The largest absolute Gasteiger partial charge is 0.462 e. The van der Waals surface area contributed by atoms with E-state index in [1.165, 1.54) is 0 Å². The fourth-order valence-electron chi connectivity index (χ4n) is 1.45. The van der Waals surface area contributed by atoms with Gasteiger partial charge in [0.2, 0.25) is 0 Å². The number of allylic oxidation sites excluding steroid dienone is 1. The smallest absolute Gasteiger partial charge is 0.333 e. The summed E-state index contributed by atoms with van der Waals surface area (Å²) in [6, 6.07) is 0. The van der Waals surface area contributed by atoms with E-state index in [0.717, 1.165) is 19.3 Å². The molecule has 0 aliphatic rings. The second kappa shape index (κ2) is 8.34. The lowest BCUT2D eigenvalue weighted by atomic mass is 9.97. The molecule has 0 aromatic rings. The Hall–Kier alpha value is -0.830. The van der Waals surface area contributed by atoms with Gasteiger partial charge in [0.05, 0.1) is 12.7 Å². The topological polar surface area (TPSA) is 46.5 Å². The summed E-state index contributed by atoms with van der Waals surface area (Å²) in [6.45, 7) is 7.87. The molecule has 1 N–H and O–H groups in total. The van der Waals surface area contributed by atoms with Crippen molar-refractivity contribution in [3.63, 3.8) is 0 Å². The van der Waals surface area contributed by atoms with Crippen molar-refractivity contribution in [3.05, 3.63) is 11.6 Å². The van der Waals surface area contributed by atoms with Gasteiger partial charge in [-0.1, -0.05) is 26.3 Å². The van der Waals surface area contributed by atoms with Gasteiger partial charge in [-0.3, -0.25) is 0 Å². The van der Waals surface area contributed by atoms with E-state index in [2.05, 4.69) is 0 Å². The summed E-state index contributed by atoms with van der Waals surface area (Å²) in [5.41, 5.74) is 0.611. The molecule has 0 aromatic heterocycles. The number of aliphatic hydroxyl groups is 1. The summed E-state index contributed by atoms with van der Waals surface area (Å²) >= 11 is 0. The first-order chi connectivity index (χ1) is 7.56. The third kappa shape index (κ3) is 5.31. The van der Waals surface area contributed by atoms with E-state index in [4.69, 9.17) is 4.74 Å². The molecule has 0 amide bonds. The minimum Gasteiger partial charge on any atom is -0.462 e. The van der Waals surface area contributed by atoms with Crippen LogP contribution in [0.2, 0.25) is 0 Å². The molecule has 0 bridgehead atoms. The normalized spacial score (nSPS) is 15.7. The maximum atomic E-state index is 11.4. The Kier molecular flexibility index (Phi) is 7.90. The van der Waals surface area contributed by atoms with Gasteiger partial charge >= 0.3 is 5.97 Å². The molecule has 0 aliphatic carbocycles. The van der Waals surface area contributed by atoms with Crippen molar-refractivity contribution >= 4 is 5.97 Å². The van der Waals surface area contributed by atoms with E-state index in [0.29, 0.717) is 12.2 Å². The number of carbonyl (C=O) groups excluding carboxylic acids is 1. The summed E-state index contributed by atoms with van der Waals surface area (Å²) < 4.78 is 5.15. The Balaban J connectivity index is 4.09. The first kappa shape index (κ1) is 15.2. The van der Waals surface area contributed by atoms with Crippen LogP contribution < -0.4 is 0 Å². The van der Waals surface area contributed by atoms with Crippen molar-refractivity contribution in [1.29, 1.82) is 0 Å². The van der Waals surface area contributed by atoms with Crippen molar-refractivity contribution < 1.29 is 14.6 Å². The zero-order valence-corrected chi connectivity index (χ0v) is 10.8. The molecule has 0 aromatic carbocycles. The second-order valence-corrected chi connectivity index (χ2v) is 4.09. The molecule has 2 unspecified atom stereocenters. The van der Waals surface area contributed by atoms with Gasteiger partial charge in [-0.15, -0.1) is 0 Å². The SMILES string of the molecule is CC=C(C)C(=O)OCC(CC)C(O)CCC. The lowest BCUT2D eigenvalue weighted by Crippen LogP contribution is -2.26. The van der Waals surface area contributed by atoms with E-state index in [-0.39, 0.29) is 18.0 Å². The molecule has 0 spiro atoms. The first-order valence-electron chi connectivity index (χ1n) is 6.04. The highest BCUT2D eigenvalue weighted by atomic mass is 16.5. The van der Waals surface area contributed by atoms with Gasteiger partial charge in [0, 0.05) is 11.5 Å². The molecular weight excluding hydrogens is 204 g/mol. The van der Waals surface area contributed by atoms with Crippen LogP contribution in [0.3, 0.4) is 0 Å². The molecule has 0 aliphatic heterocycles. The summed E-state index contributed by atoms with van der Waals surface area (Å²) in [4.78, 5) is 11.4. The van der Waals surface area contributed by atoms with Crippen molar-refractivity contribution in [2.75, 3.05) is 6.61 Å². The van der Waals surface area contributed by atoms with E-state index in [1.807, 2.05) is 13.8 Å². The van der Waals surface area contributed by atoms with E-state index in [1.54, 1.807) is 19.9 Å². The molecule has 0 saturated carbocycles. The number of hydrogen-bond acceptors (Lipinski definition) is 3. The van der Waals surface area contributed by atoms with Gasteiger partial charge in [0.15, 0.2) is 0 Å². The van der Waals surface area contributed by atoms with E-state index >= 15 is 0 Å². The number of aliphatic hydroxyl groups excluding tert-OH is 1. The number of ether oxygens (including phenoxy) is 1. The Bertz CT molecular complexity index is 233. The van der Waals surface area contributed by atoms with Crippen LogP contribution in [0.15, 0.2) is 11.6 Å². The quantitative estimate of drug-likeness (QED) is 0.538. The standard InChI is InChI=1S/C13H24O3/c1-5-8-12(14)11(7-3)9-16-13(15)10(4)6-2/h6,11-12,14H,5,7-9H2,1-4H3.